The predicted molar refractivity (Wildman–Crippen MR) is 81.8 cm³/mol. The molecule has 5 heteroatoms. The Labute approximate surface area is 129 Å². The van der Waals surface area contributed by atoms with Crippen LogP contribution in [-0.4, -0.2) is 14.8 Å². The van der Waals surface area contributed by atoms with Gasteiger partial charge in [0.05, 0.1) is 10.6 Å². The Balaban J connectivity index is 2.06. The molecule has 1 aromatic heterocycles. The van der Waals surface area contributed by atoms with Crippen LogP contribution in [0, 0.1) is 5.82 Å². The summed E-state index contributed by atoms with van der Waals surface area (Å²) in [7, 11) is 1.88. The van der Waals surface area contributed by atoms with Gasteiger partial charge in [0.25, 0.3) is 0 Å². The molecule has 0 saturated heterocycles. The van der Waals surface area contributed by atoms with E-state index in [1.807, 2.05) is 7.05 Å². The summed E-state index contributed by atoms with van der Waals surface area (Å²) < 4.78 is 15.8. The maximum atomic E-state index is 14.0. The number of aryl methyl sites for hydroxylation is 1. The van der Waals surface area contributed by atoms with Crippen molar-refractivity contribution in [3.63, 3.8) is 0 Å². The molecule has 1 saturated carbocycles. The molecule has 3 nitrogen and oxygen atoms in total. The van der Waals surface area contributed by atoms with Gasteiger partial charge in [0.1, 0.15) is 11.6 Å². The topological polar surface area (TPSA) is 30.7 Å². The van der Waals surface area contributed by atoms with Crippen LogP contribution in [0.3, 0.4) is 0 Å². The van der Waals surface area contributed by atoms with Gasteiger partial charge in [-0.2, -0.15) is 5.10 Å². The largest absolute Gasteiger partial charge is 0.252 e. The van der Waals surface area contributed by atoms with Crippen molar-refractivity contribution in [1.29, 1.82) is 0 Å². The van der Waals surface area contributed by atoms with E-state index in [0.717, 1.165) is 18.7 Å². The molecule has 0 amide bonds. The van der Waals surface area contributed by atoms with Crippen molar-refractivity contribution in [2.24, 2.45) is 7.05 Å². The van der Waals surface area contributed by atoms with Crippen LogP contribution in [0.25, 0.3) is 11.4 Å². The minimum Gasteiger partial charge on any atom is -0.252 e. The van der Waals surface area contributed by atoms with E-state index in [0.29, 0.717) is 16.4 Å². The van der Waals surface area contributed by atoms with Crippen molar-refractivity contribution in [3.05, 3.63) is 34.9 Å². The average Bonchev–Trinajstić information content (AvgIpc) is 2.82. The number of benzene rings is 1. The Bertz CT molecular complexity index is 639. The molecule has 112 valence electrons. The summed E-state index contributed by atoms with van der Waals surface area (Å²) in [6.07, 6.45) is 5.89. The highest BCUT2D eigenvalue weighted by Crippen LogP contribution is 2.39. The maximum Gasteiger partial charge on any atom is 0.185 e. The smallest absolute Gasteiger partial charge is 0.185 e. The summed E-state index contributed by atoms with van der Waals surface area (Å²) in [6, 6.07) is 4.64. The van der Waals surface area contributed by atoms with E-state index in [2.05, 4.69) is 17.0 Å². The molecule has 1 heterocycles. The average molecular weight is 308 g/mol. The molecule has 3 rings (SSSR count). The molecule has 1 aromatic carbocycles. The van der Waals surface area contributed by atoms with Crippen LogP contribution < -0.4 is 0 Å². The van der Waals surface area contributed by atoms with Crippen molar-refractivity contribution in [2.75, 3.05) is 0 Å². The van der Waals surface area contributed by atoms with Crippen LogP contribution in [0.1, 0.15) is 44.9 Å². The Morgan fingerprint density at radius 2 is 1.95 bits per heavy atom. The first-order chi connectivity index (χ1) is 10.0. The lowest BCUT2D eigenvalue weighted by molar-refractivity contribution is 0.295. The summed E-state index contributed by atoms with van der Waals surface area (Å²) in [5, 5.41) is 4.75. The van der Waals surface area contributed by atoms with E-state index >= 15 is 0 Å². The molecule has 0 unspecified atom stereocenters. The summed E-state index contributed by atoms with van der Waals surface area (Å²) >= 11 is 6.12. The highest BCUT2D eigenvalue weighted by molar-refractivity contribution is 6.33. The molecule has 1 fully saturated rings. The van der Waals surface area contributed by atoms with E-state index in [1.165, 1.54) is 25.3 Å². The fraction of sp³-hybridized carbons (Fsp3) is 0.500. The highest BCUT2D eigenvalue weighted by Gasteiger charge is 2.34. The van der Waals surface area contributed by atoms with Gasteiger partial charge >= 0.3 is 0 Å². The molecule has 0 atom stereocenters. The van der Waals surface area contributed by atoms with Gasteiger partial charge in [-0.3, -0.25) is 4.68 Å². The first-order valence-electron chi connectivity index (χ1n) is 7.37. The Morgan fingerprint density at radius 1 is 1.24 bits per heavy atom. The van der Waals surface area contributed by atoms with E-state index < -0.39 is 0 Å². The standard InChI is InChI=1S/C16H19ClFN3/c1-16(9-4-3-5-10-16)15-19-14(20-21(15)2)13-11(17)7-6-8-12(13)18/h6-8H,3-5,9-10H2,1-2H3. The number of nitrogens with zero attached hydrogens (tertiary/aromatic N) is 3. The van der Waals surface area contributed by atoms with Crippen LogP contribution in [0.2, 0.25) is 5.02 Å². The van der Waals surface area contributed by atoms with Gasteiger partial charge in [0.15, 0.2) is 5.82 Å². The molecule has 0 aliphatic heterocycles. The van der Waals surface area contributed by atoms with Gasteiger partial charge in [-0.25, -0.2) is 9.37 Å². The Kier molecular flexibility index (Phi) is 3.74. The summed E-state index contributed by atoms with van der Waals surface area (Å²) in [4.78, 5) is 4.62. The number of hydrogen-bond acceptors (Lipinski definition) is 2. The zero-order valence-electron chi connectivity index (χ0n) is 12.4. The van der Waals surface area contributed by atoms with Gasteiger partial charge in [-0.15, -0.1) is 0 Å². The molecule has 0 bridgehead atoms. The molecular weight excluding hydrogens is 289 g/mol. The molecule has 1 aliphatic rings. The van der Waals surface area contributed by atoms with Gasteiger partial charge in [-0.1, -0.05) is 43.9 Å². The quantitative estimate of drug-likeness (QED) is 0.818. The fourth-order valence-electron chi connectivity index (χ4n) is 3.28. The van der Waals surface area contributed by atoms with Gasteiger partial charge in [0, 0.05) is 12.5 Å². The fourth-order valence-corrected chi connectivity index (χ4v) is 3.53. The second-order valence-electron chi connectivity index (χ2n) is 6.10. The molecular formula is C16H19ClFN3. The van der Waals surface area contributed by atoms with Gasteiger partial charge in [-0.05, 0) is 25.0 Å². The van der Waals surface area contributed by atoms with Gasteiger partial charge < -0.3 is 0 Å². The Hall–Kier alpha value is -1.42. The van der Waals surface area contributed by atoms with E-state index in [9.17, 15) is 4.39 Å². The lowest BCUT2D eigenvalue weighted by atomic mass is 9.75. The zero-order chi connectivity index (χ0) is 15.0. The number of aromatic nitrogens is 3. The molecule has 0 radical (unpaired) electrons. The van der Waals surface area contributed by atoms with Crippen LogP contribution in [0.4, 0.5) is 4.39 Å². The lowest BCUT2D eigenvalue weighted by Gasteiger charge is -2.32. The second-order valence-corrected chi connectivity index (χ2v) is 6.51. The van der Waals surface area contributed by atoms with Crippen molar-refractivity contribution in [3.8, 4) is 11.4 Å². The van der Waals surface area contributed by atoms with E-state index in [-0.39, 0.29) is 11.2 Å². The first kappa shape index (κ1) is 14.5. The van der Waals surface area contributed by atoms with Crippen molar-refractivity contribution < 1.29 is 4.39 Å². The first-order valence-corrected chi connectivity index (χ1v) is 7.75. The van der Waals surface area contributed by atoms with Crippen LogP contribution in [-0.2, 0) is 12.5 Å². The SMILES string of the molecule is Cn1nc(-c2c(F)cccc2Cl)nc1C1(C)CCCCC1. The summed E-state index contributed by atoms with van der Waals surface area (Å²) in [6.45, 7) is 2.23. The summed E-state index contributed by atoms with van der Waals surface area (Å²) in [5.74, 6) is 0.923. The van der Waals surface area contributed by atoms with Gasteiger partial charge in [0.2, 0.25) is 0 Å². The maximum absolute atomic E-state index is 14.0. The summed E-state index contributed by atoms with van der Waals surface area (Å²) in [5.41, 5.74) is 0.316. The van der Waals surface area contributed by atoms with Crippen molar-refractivity contribution >= 4 is 11.6 Å². The minimum absolute atomic E-state index is 0.0238. The van der Waals surface area contributed by atoms with Crippen molar-refractivity contribution in [1.82, 2.24) is 14.8 Å². The Morgan fingerprint density at radius 3 is 2.62 bits per heavy atom. The van der Waals surface area contributed by atoms with E-state index in [1.54, 1.807) is 16.8 Å². The molecule has 21 heavy (non-hydrogen) atoms. The number of rotatable bonds is 2. The van der Waals surface area contributed by atoms with Crippen LogP contribution >= 0.6 is 11.6 Å². The molecule has 0 N–H and O–H groups in total. The predicted octanol–water partition coefficient (Wildman–Crippen LogP) is 4.50. The highest BCUT2D eigenvalue weighted by atomic mass is 35.5. The zero-order valence-corrected chi connectivity index (χ0v) is 13.1. The lowest BCUT2D eigenvalue weighted by Crippen LogP contribution is -2.28. The van der Waals surface area contributed by atoms with Crippen LogP contribution in [0.5, 0.6) is 0 Å². The molecule has 1 aliphatic carbocycles. The second kappa shape index (κ2) is 5.41. The molecule has 0 spiro atoms. The van der Waals surface area contributed by atoms with Crippen molar-refractivity contribution in [2.45, 2.75) is 44.4 Å². The van der Waals surface area contributed by atoms with E-state index in [4.69, 9.17) is 11.6 Å². The van der Waals surface area contributed by atoms with Crippen LogP contribution in [0.15, 0.2) is 18.2 Å². The molecule has 2 aromatic rings. The minimum atomic E-state index is -0.381. The monoisotopic (exact) mass is 307 g/mol. The third kappa shape index (κ3) is 2.57. The normalized spacial score (nSPS) is 17.9. The number of hydrogen-bond donors (Lipinski definition) is 0. The number of halogens is 2. The third-order valence-electron chi connectivity index (χ3n) is 4.45. The third-order valence-corrected chi connectivity index (χ3v) is 4.76.